The van der Waals surface area contributed by atoms with Crippen molar-refractivity contribution in [3.63, 3.8) is 0 Å². The molecule has 0 aromatic heterocycles. The van der Waals surface area contributed by atoms with Gasteiger partial charge in [-0.1, -0.05) is 24.3 Å². The summed E-state index contributed by atoms with van der Waals surface area (Å²) in [6, 6.07) is 19.7. The average molecular weight is 507 g/mol. The highest BCUT2D eigenvalue weighted by atomic mass is 32.2. The van der Waals surface area contributed by atoms with E-state index in [-0.39, 0.29) is 28.4 Å². The van der Waals surface area contributed by atoms with E-state index in [1.807, 2.05) is 0 Å². The molecule has 36 heavy (non-hydrogen) atoms. The lowest BCUT2D eigenvalue weighted by atomic mass is 10.1. The van der Waals surface area contributed by atoms with Gasteiger partial charge in [0, 0.05) is 29.2 Å². The number of rotatable bonds is 6. The van der Waals surface area contributed by atoms with Gasteiger partial charge >= 0.3 is 0 Å². The number of nitrogens with zero attached hydrogens (tertiary/aromatic N) is 1. The van der Waals surface area contributed by atoms with Gasteiger partial charge in [-0.15, -0.1) is 0 Å². The first-order valence-corrected chi connectivity index (χ1v) is 12.0. The number of nitrogens with one attached hydrogen (secondary N) is 2. The maximum absolute atomic E-state index is 13.2. The van der Waals surface area contributed by atoms with Crippen LogP contribution in [0.4, 0.5) is 22.7 Å². The van der Waals surface area contributed by atoms with Gasteiger partial charge in [0.25, 0.3) is 16.0 Å². The Labute approximate surface area is 206 Å². The Morgan fingerprint density at radius 2 is 1.58 bits per heavy atom. The number of hydrazine groups is 1. The summed E-state index contributed by atoms with van der Waals surface area (Å²) in [5, 5.41) is 15.2. The molecule has 0 aliphatic carbocycles. The first-order valence-electron chi connectivity index (χ1n) is 10.6. The third-order valence-electron chi connectivity index (χ3n) is 5.29. The number of carbonyl (C=O) groups excluding carboxylic acids is 2. The van der Waals surface area contributed by atoms with Crippen molar-refractivity contribution in [2.75, 3.05) is 16.1 Å². The van der Waals surface area contributed by atoms with Gasteiger partial charge in [0.15, 0.2) is 0 Å². The van der Waals surface area contributed by atoms with E-state index in [9.17, 15) is 27.7 Å². The summed E-state index contributed by atoms with van der Waals surface area (Å²) in [5.74, 6) is -1.18. The number of anilines is 4. The van der Waals surface area contributed by atoms with Gasteiger partial charge in [-0.25, -0.2) is 0 Å². The van der Waals surface area contributed by atoms with Crippen molar-refractivity contribution < 1.29 is 27.7 Å². The minimum Gasteiger partial charge on any atom is -0.507 e. The molecule has 0 atom stereocenters. The molecule has 0 bridgehead atoms. The second-order valence-corrected chi connectivity index (χ2v) is 9.28. The van der Waals surface area contributed by atoms with Crippen LogP contribution in [0.2, 0.25) is 0 Å². The molecule has 0 spiro atoms. The van der Waals surface area contributed by atoms with Crippen LogP contribution in [0.5, 0.6) is 5.75 Å². The Morgan fingerprint density at radius 1 is 0.917 bits per heavy atom. The van der Waals surface area contributed by atoms with Gasteiger partial charge in [0.1, 0.15) is 10.6 Å². The fourth-order valence-corrected chi connectivity index (χ4v) is 4.42. The second-order valence-electron chi connectivity index (χ2n) is 7.89. The van der Waals surface area contributed by atoms with Crippen molar-refractivity contribution in [1.29, 1.82) is 0 Å². The number of aromatic hydroxyl groups is 1. The molecule has 4 aromatic carbocycles. The molecule has 11 heteroatoms. The smallest absolute Gasteiger partial charge is 0.296 e. The zero-order valence-electron chi connectivity index (χ0n) is 19.0. The number of phenolic OH excluding ortho intramolecular Hbond substituents is 1. The number of hydrogen-bond donors (Lipinski definition) is 5. The van der Waals surface area contributed by atoms with Crippen LogP contribution in [-0.4, -0.2) is 29.9 Å². The molecule has 4 aromatic rings. The Morgan fingerprint density at radius 3 is 2.22 bits per heavy atom. The van der Waals surface area contributed by atoms with Crippen LogP contribution in [0.1, 0.15) is 17.3 Å². The van der Waals surface area contributed by atoms with E-state index < -0.39 is 26.8 Å². The average Bonchev–Trinajstić information content (AvgIpc) is 2.82. The lowest BCUT2D eigenvalue weighted by Crippen LogP contribution is -2.39. The van der Waals surface area contributed by atoms with Crippen molar-refractivity contribution in [2.24, 2.45) is 0 Å². The Kier molecular flexibility index (Phi) is 6.51. The predicted octanol–water partition coefficient (Wildman–Crippen LogP) is 3.82. The number of nitrogen functional groups attached to an aromatic ring is 1. The monoisotopic (exact) mass is 506 g/mol. The zero-order chi connectivity index (χ0) is 26.0. The van der Waals surface area contributed by atoms with Crippen LogP contribution >= 0.6 is 0 Å². The summed E-state index contributed by atoms with van der Waals surface area (Å²) in [6.07, 6.45) is 0. The van der Waals surface area contributed by atoms with E-state index >= 15 is 0 Å². The Bertz CT molecular complexity index is 1580. The highest BCUT2D eigenvalue weighted by Crippen LogP contribution is 2.39. The quantitative estimate of drug-likeness (QED) is 0.150. The highest BCUT2D eigenvalue weighted by molar-refractivity contribution is 7.86. The van der Waals surface area contributed by atoms with Gasteiger partial charge in [0.2, 0.25) is 5.91 Å². The summed E-state index contributed by atoms with van der Waals surface area (Å²) < 4.78 is 34.8. The van der Waals surface area contributed by atoms with Crippen molar-refractivity contribution >= 4 is 55.5 Å². The lowest BCUT2D eigenvalue weighted by molar-refractivity contribution is -0.114. The van der Waals surface area contributed by atoms with Crippen LogP contribution in [0.3, 0.4) is 0 Å². The third-order valence-corrected chi connectivity index (χ3v) is 6.17. The second kappa shape index (κ2) is 9.56. The topological polar surface area (TPSA) is 162 Å². The summed E-state index contributed by atoms with van der Waals surface area (Å²) in [7, 11) is -4.84. The molecule has 0 unspecified atom stereocenters. The van der Waals surface area contributed by atoms with Crippen LogP contribution < -0.4 is 21.5 Å². The lowest BCUT2D eigenvalue weighted by Gasteiger charge is -2.28. The molecule has 6 N–H and O–H groups in total. The molecule has 0 aliphatic rings. The standard InChI is InChI=1S/C25H22N4O6S/c1-15(30)27-19-12-13-20(23(14-19)36(33,34)35)29(28-25(32)17-8-10-18(26)11-9-17)21-6-2-4-16-5-3-7-22(31)24(16)21/h2-14,31H,26H2,1H3,(H,27,30)(H,28,32)(H,33,34,35). The number of carbonyl (C=O) groups is 2. The van der Waals surface area contributed by atoms with Crippen molar-refractivity contribution in [2.45, 2.75) is 11.8 Å². The van der Waals surface area contributed by atoms with Crippen molar-refractivity contribution in [3.8, 4) is 5.75 Å². The summed E-state index contributed by atoms with van der Waals surface area (Å²) >= 11 is 0. The molecular weight excluding hydrogens is 484 g/mol. The molecule has 10 nitrogen and oxygen atoms in total. The molecule has 0 heterocycles. The fourth-order valence-electron chi connectivity index (χ4n) is 3.73. The van der Waals surface area contributed by atoms with E-state index in [4.69, 9.17) is 5.73 Å². The van der Waals surface area contributed by atoms with E-state index in [2.05, 4.69) is 10.7 Å². The maximum atomic E-state index is 13.2. The summed E-state index contributed by atoms with van der Waals surface area (Å²) in [5.41, 5.74) is 9.25. The molecule has 0 fully saturated rings. The number of fused-ring (bicyclic) bond motifs is 1. The van der Waals surface area contributed by atoms with Crippen LogP contribution in [0.25, 0.3) is 10.8 Å². The molecule has 2 amide bonds. The SMILES string of the molecule is CC(=O)Nc1ccc(N(NC(=O)c2ccc(N)cc2)c2cccc3cccc(O)c23)c(S(=O)(=O)O)c1. The highest BCUT2D eigenvalue weighted by Gasteiger charge is 2.26. The Hall–Kier alpha value is -4.61. The number of amides is 2. The van der Waals surface area contributed by atoms with E-state index in [1.54, 1.807) is 30.3 Å². The van der Waals surface area contributed by atoms with Gasteiger partial charge in [-0.05, 0) is 60.0 Å². The molecule has 0 saturated heterocycles. The van der Waals surface area contributed by atoms with Crippen LogP contribution in [0.15, 0.2) is 83.8 Å². The third kappa shape index (κ3) is 5.06. The van der Waals surface area contributed by atoms with Gasteiger partial charge in [-0.2, -0.15) is 8.42 Å². The number of benzene rings is 4. The first-order chi connectivity index (χ1) is 17.0. The molecule has 4 rings (SSSR count). The van der Waals surface area contributed by atoms with Gasteiger partial charge in [0.05, 0.1) is 11.4 Å². The largest absolute Gasteiger partial charge is 0.507 e. The van der Waals surface area contributed by atoms with Crippen molar-refractivity contribution in [1.82, 2.24) is 5.43 Å². The number of nitrogens with two attached hydrogens (primary N) is 1. The van der Waals surface area contributed by atoms with Crippen LogP contribution in [-0.2, 0) is 14.9 Å². The van der Waals surface area contributed by atoms with E-state index in [0.717, 1.165) is 11.1 Å². The molecule has 184 valence electrons. The van der Waals surface area contributed by atoms with Gasteiger partial charge < -0.3 is 16.2 Å². The van der Waals surface area contributed by atoms with Crippen molar-refractivity contribution in [3.05, 3.63) is 84.4 Å². The minimum absolute atomic E-state index is 0.113. The zero-order valence-corrected chi connectivity index (χ0v) is 19.8. The maximum Gasteiger partial charge on any atom is 0.296 e. The molecule has 0 saturated carbocycles. The Balaban J connectivity index is 1.95. The normalized spacial score (nSPS) is 11.2. The fraction of sp³-hybridized carbons (Fsp3) is 0.0400. The summed E-state index contributed by atoms with van der Waals surface area (Å²) in [4.78, 5) is 24.1. The predicted molar refractivity (Wildman–Crippen MR) is 137 cm³/mol. The van der Waals surface area contributed by atoms with E-state index in [0.29, 0.717) is 16.5 Å². The van der Waals surface area contributed by atoms with Crippen LogP contribution in [0, 0.1) is 0 Å². The molecule has 0 aliphatic heterocycles. The molecule has 0 radical (unpaired) electrons. The van der Waals surface area contributed by atoms with Gasteiger partial charge in [-0.3, -0.25) is 24.6 Å². The minimum atomic E-state index is -4.84. The first kappa shape index (κ1) is 24.5. The molecular formula is C25H22N4O6S. The number of hydrogen-bond acceptors (Lipinski definition) is 7. The van der Waals surface area contributed by atoms with E-state index in [1.165, 1.54) is 49.4 Å². The number of phenols is 1. The summed E-state index contributed by atoms with van der Waals surface area (Å²) in [6.45, 7) is 1.25.